The van der Waals surface area contributed by atoms with Crippen LogP contribution in [0.3, 0.4) is 0 Å². The van der Waals surface area contributed by atoms with E-state index in [0.29, 0.717) is 19.7 Å². The Morgan fingerprint density at radius 1 is 1.26 bits per heavy atom. The zero-order valence-electron chi connectivity index (χ0n) is 13.1. The number of carbonyl (C=O) groups is 2. The standard InChI is InChI=1S/C18H20N2O3/c1-2-20-10-11-23-16(18(20)22)12-17(21)19-15-9-5-7-13-6-3-4-8-14(13)15/h3-9,16H,2,10-12H2,1H3,(H,19,21)/t16-/m1/s1. The summed E-state index contributed by atoms with van der Waals surface area (Å²) in [6, 6.07) is 13.6. The van der Waals surface area contributed by atoms with Crippen LogP contribution in [0.5, 0.6) is 0 Å². The lowest BCUT2D eigenvalue weighted by Crippen LogP contribution is -2.48. The summed E-state index contributed by atoms with van der Waals surface area (Å²) in [6.07, 6.45) is -0.642. The van der Waals surface area contributed by atoms with E-state index < -0.39 is 6.10 Å². The van der Waals surface area contributed by atoms with Crippen molar-refractivity contribution in [3.8, 4) is 0 Å². The maximum atomic E-state index is 12.3. The van der Waals surface area contributed by atoms with Crippen LogP contribution in [0.25, 0.3) is 10.8 Å². The number of amides is 2. The van der Waals surface area contributed by atoms with Crippen molar-refractivity contribution in [1.82, 2.24) is 4.90 Å². The molecule has 1 N–H and O–H groups in total. The molecule has 0 bridgehead atoms. The molecular weight excluding hydrogens is 292 g/mol. The summed E-state index contributed by atoms with van der Waals surface area (Å²) < 4.78 is 5.47. The molecule has 0 aromatic heterocycles. The normalized spacial score (nSPS) is 18.2. The van der Waals surface area contributed by atoms with Crippen LogP contribution >= 0.6 is 0 Å². The molecular formula is C18H20N2O3. The van der Waals surface area contributed by atoms with Crippen LogP contribution in [-0.2, 0) is 14.3 Å². The van der Waals surface area contributed by atoms with E-state index in [1.165, 1.54) is 0 Å². The van der Waals surface area contributed by atoms with E-state index in [-0.39, 0.29) is 18.2 Å². The lowest BCUT2D eigenvalue weighted by molar-refractivity contribution is -0.154. The first-order valence-corrected chi connectivity index (χ1v) is 7.87. The van der Waals surface area contributed by atoms with Gasteiger partial charge in [0.1, 0.15) is 6.10 Å². The molecule has 2 amide bonds. The number of hydrogen-bond acceptors (Lipinski definition) is 3. The first kappa shape index (κ1) is 15.5. The summed E-state index contributed by atoms with van der Waals surface area (Å²) in [5.74, 6) is -0.315. The van der Waals surface area contributed by atoms with Crippen molar-refractivity contribution in [2.75, 3.05) is 25.0 Å². The van der Waals surface area contributed by atoms with E-state index in [1.807, 2.05) is 49.4 Å². The van der Waals surface area contributed by atoms with Gasteiger partial charge in [-0.1, -0.05) is 36.4 Å². The Morgan fingerprint density at radius 2 is 2.04 bits per heavy atom. The van der Waals surface area contributed by atoms with Gasteiger partial charge in [0.25, 0.3) is 5.91 Å². The van der Waals surface area contributed by atoms with Gasteiger partial charge in [-0.3, -0.25) is 9.59 Å². The number of benzene rings is 2. The number of ether oxygens (including phenoxy) is 1. The van der Waals surface area contributed by atoms with Crippen molar-refractivity contribution < 1.29 is 14.3 Å². The Balaban J connectivity index is 1.70. The minimum atomic E-state index is -0.682. The highest BCUT2D eigenvalue weighted by molar-refractivity contribution is 6.03. The summed E-state index contributed by atoms with van der Waals surface area (Å²) in [7, 11) is 0. The maximum absolute atomic E-state index is 12.3. The van der Waals surface area contributed by atoms with Crippen molar-refractivity contribution >= 4 is 28.3 Å². The quantitative estimate of drug-likeness (QED) is 0.943. The monoisotopic (exact) mass is 312 g/mol. The van der Waals surface area contributed by atoms with Crippen LogP contribution in [0.4, 0.5) is 5.69 Å². The van der Waals surface area contributed by atoms with Gasteiger partial charge < -0.3 is 15.0 Å². The molecule has 2 aromatic rings. The van der Waals surface area contributed by atoms with E-state index >= 15 is 0 Å². The molecule has 1 atom stereocenters. The Bertz CT molecular complexity index is 724. The van der Waals surface area contributed by atoms with Gasteiger partial charge in [-0.05, 0) is 18.4 Å². The first-order chi connectivity index (χ1) is 11.2. The van der Waals surface area contributed by atoms with Crippen LogP contribution in [0.15, 0.2) is 42.5 Å². The molecule has 3 rings (SSSR count). The fourth-order valence-corrected chi connectivity index (χ4v) is 2.85. The number of morpholine rings is 1. The summed E-state index contributed by atoms with van der Waals surface area (Å²) in [6.45, 7) is 3.64. The summed E-state index contributed by atoms with van der Waals surface area (Å²) in [5, 5.41) is 4.94. The third kappa shape index (κ3) is 3.35. The lowest BCUT2D eigenvalue weighted by atomic mass is 10.1. The predicted octanol–water partition coefficient (Wildman–Crippen LogP) is 2.42. The zero-order chi connectivity index (χ0) is 16.2. The average molecular weight is 312 g/mol. The number of anilines is 1. The van der Waals surface area contributed by atoms with Crippen molar-refractivity contribution in [2.45, 2.75) is 19.4 Å². The van der Waals surface area contributed by atoms with Gasteiger partial charge >= 0.3 is 0 Å². The summed E-state index contributed by atoms with van der Waals surface area (Å²) >= 11 is 0. The van der Waals surface area contributed by atoms with Crippen LogP contribution in [-0.4, -0.2) is 42.5 Å². The zero-order valence-corrected chi connectivity index (χ0v) is 13.1. The molecule has 1 heterocycles. The van der Waals surface area contributed by atoms with E-state index in [1.54, 1.807) is 4.90 Å². The Hall–Kier alpha value is -2.40. The second-order valence-corrected chi connectivity index (χ2v) is 5.56. The molecule has 1 fully saturated rings. The van der Waals surface area contributed by atoms with Crippen molar-refractivity contribution in [2.24, 2.45) is 0 Å². The molecule has 0 aliphatic carbocycles. The minimum Gasteiger partial charge on any atom is -0.366 e. The number of rotatable bonds is 4. The van der Waals surface area contributed by atoms with Gasteiger partial charge in [0, 0.05) is 24.2 Å². The van der Waals surface area contributed by atoms with Gasteiger partial charge in [0.05, 0.1) is 13.0 Å². The molecule has 0 unspecified atom stereocenters. The van der Waals surface area contributed by atoms with Gasteiger partial charge in [-0.25, -0.2) is 0 Å². The number of nitrogens with one attached hydrogen (secondary N) is 1. The van der Waals surface area contributed by atoms with E-state index in [9.17, 15) is 9.59 Å². The molecule has 23 heavy (non-hydrogen) atoms. The second kappa shape index (κ2) is 6.79. The topological polar surface area (TPSA) is 58.6 Å². The van der Waals surface area contributed by atoms with Gasteiger partial charge in [-0.15, -0.1) is 0 Å². The van der Waals surface area contributed by atoms with Gasteiger partial charge in [0.2, 0.25) is 5.91 Å². The smallest absolute Gasteiger partial charge is 0.252 e. The third-order valence-corrected chi connectivity index (χ3v) is 4.08. The molecule has 0 spiro atoms. The maximum Gasteiger partial charge on any atom is 0.252 e. The van der Waals surface area contributed by atoms with E-state index in [0.717, 1.165) is 16.5 Å². The minimum absolute atomic E-state index is 0.0402. The number of fused-ring (bicyclic) bond motifs is 1. The van der Waals surface area contributed by atoms with Crippen molar-refractivity contribution in [3.63, 3.8) is 0 Å². The van der Waals surface area contributed by atoms with Gasteiger partial charge in [-0.2, -0.15) is 0 Å². The fourth-order valence-electron chi connectivity index (χ4n) is 2.85. The molecule has 1 saturated heterocycles. The molecule has 5 nitrogen and oxygen atoms in total. The second-order valence-electron chi connectivity index (χ2n) is 5.56. The Labute approximate surface area is 135 Å². The highest BCUT2D eigenvalue weighted by Gasteiger charge is 2.30. The molecule has 120 valence electrons. The highest BCUT2D eigenvalue weighted by Crippen LogP contribution is 2.23. The van der Waals surface area contributed by atoms with Crippen LogP contribution in [0, 0.1) is 0 Å². The van der Waals surface area contributed by atoms with Gasteiger partial charge in [0.15, 0.2) is 0 Å². The van der Waals surface area contributed by atoms with Crippen LogP contribution in [0.1, 0.15) is 13.3 Å². The molecule has 2 aromatic carbocycles. The molecule has 0 radical (unpaired) electrons. The van der Waals surface area contributed by atoms with Crippen molar-refractivity contribution in [1.29, 1.82) is 0 Å². The number of likely N-dealkylation sites (N-methyl/N-ethyl adjacent to an activating group) is 1. The number of nitrogens with zero attached hydrogens (tertiary/aromatic N) is 1. The van der Waals surface area contributed by atoms with E-state index in [4.69, 9.17) is 4.74 Å². The highest BCUT2D eigenvalue weighted by atomic mass is 16.5. The van der Waals surface area contributed by atoms with Crippen molar-refractivity contribution in [3.05, 3.63) is 42.5 Å². The third-order valence-electron chi connectivity index (χ3n) is 4.08. The number of carbonyl (C=O) groups excluding carboxylic acids is 2. The largest absolute Gasteiger partial charge is 0.366 e. The summed E-state index contributed by atoms with van der Waals surface area (Å²) in [4.78, 5) is 26.2. The summed E-state index contributed by atoms with van der Waals surface area (Å²) in [5.41, 5.74) is 0.753. The van der Waals surface area contributed by atoms with Crippen LogP contribution in [0.2, 0.25) is 0 Å². The molecule has 1 aliphatic heterocycles. The fraction of sp³-hybridized carbons (Fsp3) is 0.333. The Kier molecular flexibility index (Phi) is 4.57. The SMILES string of the molecule is CCN1CCO[C@H](CC(=O)Nc2cccc3ccccc23)C1=O. The Morgan fingerprint density at radius 3 is 2.87 bits per heavy atom. The molecule has 5 heteroatoms. The molecule has 1 aliphatic rings. The van der Waals surface area contributed by atoms with E-state index in [2.05, 4.69) is 5.32 Å². The van der Waals surface area contributed by atoms with Crippen LogP contribution < -0.4 is 5.32 Å². The molecule has 0 saturated carbocycles. The lowest BCUT2D eigenvalue weighted by Gasteiger charge is -2.31. The average Bonchev–Trinajstić information content (AvgIpc) is 2.57. The predicted molar refractivity (Wildman–Crippen MR) is 89.2 cm³/mol. The first-order valence-electron chi connectivity index (χ1n) is 7.87. The number of hydrogen-bond donors (Lipinski definition) is 1.